The lowest BCUT2D eigenvalue weighted by atomic mass is 9.95. The standard InChI is InChI=1S/C23H29N3O4S/c1-18-11-13-22(14-12-18)31(28,29)26(20-8-4-3-5-9-20)17-23(27)25-24-16-19-7-6-10-21(15-19)30-2/h6-7,10-16,20H,3-5,8-9,17H2,1-2H3,(H,25,27)/b24-16-. The van der Waals surface area contributed by atoms with Crippen LogP contribution >= 0.6 is 0 Å². The van der Waals surface area contributed by atoms with Gasteiger partial charge in [0.25, 0.3) is 5.91 Å². The second kappa shape index (κ2) is 10.5. The fraction of sp³-hybridized carbons (Fsp3) is 0.391. The number of hydrazone groups is 1. The van der Waals surface area contributed by atoms with Gasteiger partial charge in [-0.3, -0.25) is 4.79 Å². The molecule has 1 fully saturated rings. The second-order valence-corrected chi connectivity index (χ2v) is 9.62. The maximum absolute atomic E-state index is 13.3. The number of hydrogen-bond acceptors (Lipinski definition) is 5. The summed E-state index contributed by atoms with van der Waals surface area (Å²) in [5.41, 5.74) is 4.19. The molecule has 166 valence electrons. The van der Waals surface area contributed by atoms with Crippen LogP contribution in [-0.2, 0) is 14.8 Å². The van der Waals surface area contributed by atoms with Gasteiger partial charge in [0.15, 0.2) is 0 Å². The number of nitrogens with one attached hydrogen (secondary N) is 1. The number of rotatable bonds is 8. The minimum Gasteiger partial charge on any atom is -0.497 e. The molecule has 0 saturated heterocycles. The Hall–Kier alpha value is -2.71. The SMILES string of the molecule is COc1cccc(/C=N\NC(=O)CN(C2CCCCC2)S(=O)(=O)c2ccc(C)cc2)c1. The zero-order valence-corrected chi connectivity index (χ0v) is 18.8. The number of aryl methyl sites for hydroxylation is 1. The third-order valence-electron chi connectivity index (χ3n) is 5.41. The zero-order chi connectivity index (χ0) is 22.3. The third-order valence-corrected chi connectivity index (χ3v) is 7.32. The number of amides is 1. The molecule has 0 aromatic heterocycles. The van der Waals surface area contributed by atoms with Crippen molar-refractivity contribution >= 4 is 22.1 Å². The molecule has 0 bridgehead atoms. The van der Waals surface area contributed by atoms with E-state index in [2.05, 4.69) is 10.5 Å². The molecular weight excluding hydrogens is 414 g/mol. The first-order valence-electron chi connectivity index (χ1n) is 10.4. The maximum Gasteiger partial charge on any atom is 0.255 e. The number of nitrogens with zero attached hydrogens (tertiary/aromatic N) is 2. The lowest BCUT2D eigenvalue weighted by Crippen LogP contribution is -2.46. The topological polar surface area (TPSA) is 88.1 Å². The van der Waals surface area contributed by atoms with E-state index in [4.69, 9.17) is 4.74 Å². The average molecular weight is 444 g/mol. The van der Waals surface area contributed by atoms with E-state index < -0.39 is 15.9 Å². The smallest absolute Gasteiger partial charge is 0.255 e. The van der Waals surface area contributed by atoms with E-state index in [-0.39, 0.29) is 17.5 Å². The highest BCUT2D eigenvalue weighted by Crippen LogP contribution is 2.27. The number of hydrogen-bond donors (Lipinski definition) is 1. The van der Waals surface area contributed by atoms with Crippen LogP contribution in [0, 0.1) is 6.92 Å². The van der Waals surface area contributed by atoms with Crippen molar-refractivity contribution in [3.63, 3.8) is 0 Å². The average Bonchev–Trinajstić information content (AvgIpc) is 2.78. The Morgan fingerprint density at radius 2 is 1.87 bits per heavy atom. The molecule has 0 heterocycles. The molecule has 0 aliphatic heterocycles. The van der Waals surface area contributed by atoms with E-state index in [0.29, 0.717) is 5.75 Å². The Kier molecular flexibility index (Phi) is 7.81. The molecule has 3 rings (SSSR count). The van der Waals surface area contributed by atoms with Gasteiger partial charge >= 0.3 is 0 Å². The first-order valence-corrected chi connectivity index (χ1v) is 11.9. The summed E-state index contributed by atoms with van der Waals surface area (Å²) in [7, 11) is -2.22. The first kappa shape index (κ1) is 23.0. The molecule has 1 saturated carbocycles. The van der Waals surface area contributed by atoms with Crippen molar-refractivity contribution in [1.29, 1.82) is 0 Å². The van der Waals surface area contributed by atoms with E-state index in [9.17, 15) is 13.2 Å². The molecule has 1 aliphatic carbocycles. The minimum atomic E-state index is -3.79. The summed E-state index contributed by atoms with van der Waals surface area (Å²) in [6.07, 6.45) is 6.02. The van der Waals surface area contributed by atoms with Gasteiger partial charge in [0.05, 0.1) is 24.8 Å². The van der Waals surface area contributed by atoms with Crippen molar-refractivity contribution in [3.05, 3.63) is 59.7 Å². The van der Waals surface area contributed by atoms with Crippen molar-refractivity contribution in [2.75, 3.05) is 13.7 Å². The van der Waals surface area contributed by atoms with Crippen LogP contribution in [0.3, 0.4) is 0 Å². The molecule has 0 radical (unpaired) electrons. The van der Waals surface area contributed by atoms with Gasteiger partial charge in [-0.2, -0.15) is 9.41 Å². The molecule has 0 unspecified atom stereocenters. The fourth-order valence-corrected chi connectivity index (χ4v) is 5.34. The predicted molar refractivity (Wildman–Crippen MR) is 121 cm³/mol. The normalized spacial score (nSPS) is 15.3. The molecule has 1 N–H and O–H groups in total. The van der Waals surface area contributed by atoms with E-state index in [1.54, 1.807) is 37.4 Å². The number of methoxy groups -OCH3 is 1. The lowest BCUT2D eigenvalue weighted by molar-refractivity contribution is -0.121. The lowest BCUT2D eigenvalue weighted by Gasteiger charge is -2.32. The van der Waals surface area contributed by atoms with Crippen LogP contribution in [-0.4, -0.2) is 44.5 Å². The van der Waals surface area contributed by atoms with E-state index in [1.807, 2.05) is 25.1 Å². The van der Waals surface area contributed by atoms with Gasteiger partial charge in [-0.05, 0) is 49.6 Å². The molecule has 8 heteroatoms. The van der Waals surface area contributed by atoms with Crippen LogP contribution in [0.1, 0.15) is 43.2 Å². The summed E-state index contributed by atoms with van der Waals surface area (Å²) >= 11 is 0. The highest BCUT2D eigenvalue weighted by Gasteiger charge is 2.33. The summed E-state index contributed by atoms with van der Waals surface area (Å²) in [5.74, 6) is 0.211. The van der Waals surface area contributed by atoms with Gasteiger partial charge in [0.2, 0.25) is 10.0 Å². The zero-order valence-electron chi connectivity index (χ0n) is 18.0. The van der Waals surface area contributed by atoms with Crippen molar-refractivity contribution in [2.45, 2.75) is 50.0 Å². The Bertz CT molecular complexity index is 1010. The molecular formula is C23H29N3O4S. The Balaban J connectivity index is 1.74. The molecule has 1 amide bonds. The van der Waals surface area contributed by atoms with Gasteiger partial charge in [-0.15, -0.1) is 0 Å². The monoisotopic (exact) mass is 443 g/mol. The number of carbonyl (C=O) groups is 1. The molecule has 0 atom stereocenters. The summed E-state index contributed by atoms with van der Waals surface area (Å²) < 4.78 is 33.2. The summed E-state index contributed by atoms with van der Waals surface area (Å²) in [4.78, 5) is 12.8. The van der Waals surface area contributed by atoms with Gasteiger partial charge in [-0.1, -0.05) is 49.1 Å². The minimum absolute atomic E-state index is 0.187. The first-order chi connectivity index (χ1) is 14.9. The van der Waals surface area contributed by atoms with E-state index >= 15 is 0 Å². The molecule has 0 spiro atoms. The molecule has 31 heavy (non-hydrogen) atoms. The van der Waals surface area contributed by atoms with Crippen LogP contribution in [0.2, 0.25) is 0 Å². The Labute approximate surface area is 184 Å². The number of benzene rings is 2. The highest BCUT2D eigenvalue weighted by molar-refractivity contribution is 7.89. The molecule has 1 aliphatic rings. The van der Waals surface area contributed by atoms with Crippen LogP contribution < -0.4 is 10.2 Å². The fourth-order valence-electron chi connectivity index (χ4n) is 3.70. The molecule has 2 aromatic carbocycles. The molecule has 2 aromatic rings. The largest absolute Gasteiger partial charge is 0.497 e. The Morgan fingerprint density at radius 3 is 2.55 bits per heavy atom. The van der Waals surface area contributed by atoms with E-state index in [1.165, 1.54) is 10.5 Å². The highest BCUT2D eigenvalue weighted by atomic mass is 32.2. The van der Waals surface area contributed by atoms with Gasteiger partial charge in [0, 0.05) is 6.04 Å². The number of ether oxygens (including phenoxy) is 1. The number of carbonyl (C=O) groups excluding carboxylic acids is 1. The van der Waals surface area contributed by atoms with Gasteiger partial charge in [-0.25, -0.2) is 13.8 Å². The van der Waals surface area contributed by atoms with Crippen LogP contribution in [0.5, 0.6) is 5.75 Å². The Morgan fingerprint density at radius 1 is 1.16 bits per heavy atom. The summed E-state index contributed by atoms with van der Waals surface area (Å²) in [5, 5.41) is 3.98. The van der Waals surface area contributed by atoms with Crippen molar-refractivity contribution in [3.8, 4) is 5.75 Å². The third kappa shape index (κ3) is 6.15. The maximum atomic E-state index is 13.3. The quantitative estimate of drug-likeness (QED) is 0.500. The van der Waals surface area contributed by atoms with Crippen molar-refractivity contribution in [2.24, 2.45) is 5.10 Å². The van der Waals surface area contributed by atoms with Crippen molar-refractivity contribution < 1.29 is 17.9 Å². The van der Waals surface area contributed by atoms with Crippen LogP contribution in [0.25, 0.3) is 0 Å². The predicted octanol–water partition coefficient (Wildman–Crippen LogP) is 3.48. The summed E-state index contributed by atoms with van der Waals surface area (Å²) in [6.45, 7) is 1.64. The van der Waals surface area contributed by atoms with Gasteiger partial charge < -0.3 is 4.74 Å². The van der Waals surface area contributed by atoms with Crippen molar-refractivity contribution in [1.82, 2.24) is 9.73 Å². The summed E-state index contributed by atoms with van der Waals surface area (Å²) in [6, 6.07) is 13.8. The van der Waals surface area contributed by atoms with E-state index in [0.717, 1.165) is 43.2 Å². The molecule has 7 nitrogen and oxygen atoms in total. The number of sulfonamides is 1. The van der Waals surface area contributed by atoms with Gasteiger partial charge in [0.1, 0.15) is 5.75 Å². The van der Waals surface area contributed by atoms with Crippen LogP contribution in [0.4, 0.5) is 0 Å². The van der Waals surface area contributed by atoms with Crippen LogP contribution in [0.15, 0.2) is 58.5 Å². The second-order valence-electron chi connectivity index (χ2n) is 7.72.